The van der Waals surface area contributed by atoms with Crippen LogP contribution in [-0.4, -0.2) is 22.9 Å². The summed E-state index contributed by atoms with van der Waals surface area (Å²) < 4.78 is 0. The highest BCUT2D eigenvalue weighted by Gasteiger charge is 2.40. The average Bonchev–Trinajstić information content (AvgIpc) is 2.85. The van der Waals surface area contributed by atoms with Gasteiger partial charge in [0.25, 0.3) is 0 Å². The Bertz CT molecular complexity index is 553. The van der Waals surface area contributed by atoms with Crippen LogP contribution in [0.4, 0.5) is 0 Å². The smallest absolute Gasteiger partial charge is 0.242 e. The third-order valence-corrected chi connectivity index (χ3v) is 5.02. The van der Waals surface area contributed by atoms with Crippen molar-refractivity contribution in [2.75, 3.05) is 6.54 Å². The molecule has 0 saturated heterocycles. The first-order valence-corrected chi connectivity index (χ1v) is 7.80. The van der Waals surface area contributed by atoms with E-state index >= 15 is 0 Å². The minimum Gasteiger partial charge on any atom is -0.336 e. The standard InChI is InChI=1S/C15H18Cl2N2O/c16-11-7-10-3-6-19(9-12(10)13(17)8-11)14(20)15(18)4-1-2-5-15/h7-8H,1-6,9,18H2. The summed E-state index contributed by atoms with van der Waals surface area (Å²) in [7, 11) is 0. The number of fused-ring (bicyclic) bond motifs is 1. The molecule has 0 radical (unpaired) electrons. The third-order valence-electron chi connectivity index (χ3n) is 4.46. The van der Waals surface area contributed by atoms with Gasteiger partial charge in [-0.1, -0.05) is 36.0 Å². The number of amides is 1. The zero-order chi connectivity index (χ0) is 14.3. The lowest BCUT2D eigenvalue weighted by Gasteiger charge is -2.35. The largest absolute Gasteiger partial charge is 0.336 e. The molecule has 1 aromatic carbocycles. The molecule has 5 heteroatoms. The molecule has 0 unspecified atom stereocenters. The van der Waals surface area contributed by atoms with E-state index < -0.39 is 5.54 Å². The van der Waals surface area contributed by atoms with Gasteiger partial charge in [-0.25, -0.2) is 0 Å². The molecule has 0 atom stereocenters. The molecule has 20 heavy (non-hydrogen) atoms. The van der Waals surface area contributed by atoms with Gasteiger partial charge in [0.1, 0.15) is 0 Å². The number of carbonyl (C=O) groups excluding carboxylic acids is 1. The van der Waals surface area contributed by atoms with Gasteiger partial charge in [-0.3, -0.25) is 4.79 Å². The number of hydrogen-bond acceptors (Lipinski definition) is 2. The van der Waals surface area contributed by atoms with E-state index in [2.05, 4.69) is 0 Å². The van der Waals surface area contributed by atoms with Crippen molar-refractivity contribution in [3.8, 4) is 0 Å². The Hall–Kier alpha value is -0.770. The molecule has 1 aliphatic carbocycles. The summed E-state index contributed by atoms with van der Waals surface area (Å²) in [4.78, 5) is 14.5. The first-order chi connectivity index (χ1) is 9.49. The second kappa shape index (κ2) is 5.21. The molecule has 2 aliphatic rings. The summed E-state index contributed by atoms with van der Waals surface area (Å²) in [6, 6.07) is 3.68. The van der Waals surface area contributed by atoms with Gasteiger partial charge in [0, 0.05) is 23.1 Å². The predicted octanol–water partition coefficient (Wildman–Crippen LogP) is 3.15. The van der Waals surface area contributed by atoms with E-state index in [1.54, 1.807) is 6.07 Å². The fourth-order valence-corrected chi connectivity index (χ4v) is 3.89. The number of rotatable bonds is 1. The highest BCUT2D eigenvalue weighted by molar-refractivity contribution is 6.35. The summed E-state index contributed by atoms with van der Waals surface area (Å²) in [5, 5.41) is 1.29. The van der Waals surface area contributed by atoms with Gasteiger partial charge >= 0.3 is 0 Å². The predicted molar refractivity (Wildman–Crippen MR) is 81.0 cm³/mol. The van der Waals surface area contributed by atoms with Crippen molar-refractivity contribution >= 4 is 29.1 Å². The first kappa shape index (κ1) is 14.2. The van der Waals surface area contributed by atoms with E-state index in [0.29, 0.717) is 23.1 Å². The highest BCUT2D eigenvalue weighted by atomic mass is 35.5. The van der Waals surface area contributed by atoms with Gasteiger partial charge in [0.2, 0.25) is 5.91 Å². The molecule has 1 saturated carbocycles. The minimum atomic E-state index is -0.656. The molecule has 2 N–H and O–H groups in total. The van der Waals surface area contributed by atoms with Crippen molar-refractivity contribution < 1.29 is 4.79 Å². The van der Waals surface area contributed by atoms with Gasteiger partial charge in [0.15, 0.2) is 0 Å². The maximum Gasteiger partial charge on any atom is 0.242 e. The van der Waals surface area contributed by atoms with Gasteiger partial charge in [0.05, 0.1) is 5.54 Å². The summed E-state index contributed by atoms with van der Waals surface area (Å²) >= 11 is 12.3. The zero-order valence-electron chi connectivity index (χ0n) is 11.3. The number of nitrogens with zero attached hydrogens (tertiary/aromatic N) is 1. The molecule has 1 aliphatic heterocycles. The lowest BCUT2D eigenvalue weighted by Crippen LogP contribution is -2.54. The maximum absolute atomic E-state index is 12.6. The number of benzene rings is 1. The zero-order valence-corrected chi connectivity index (χ0v) is 12.8. The quantitative estimate of drug-likeness (QED) is 0.866. The fourth-order valence-electron chi connectivity index (χ4n) is 3.29. The second-order valence-corrected chi connectivity index (χ2v) is 6.71. The third kappa shape index (κ3) is 2.43. The van der Waals surface area contributed by atoms with Crippen molar-refractivity contribution in [3.05, 3.63) is 33.3 Å². The van der Waals surface area contributed by atoms with E-state index in [-0.39, 0.29) is 5.91 Å². The Kier molecular flexibility index (Phi) is 3.69. The van der Waals surface area contributed by atoms with Crippen LogP contribution >= 0.6 is 23.2 Å². The lowest BCUT2D eigenvalue weighted by atomic mass is 9.93. The molecule has 1 aromatic rings. The topological polar surface area (TPSA) is 46.3 Å². The summed E-state index contributed by atoms with van der Waals surface area (Å²) in [6.07, 6.45) is 4.47. The van der Waals surface area contributed by atoms with E-state index in [1.165, 1.54) is 0 Å². The first-order valence-electron chi connectivity index (χ1n) is 7.05. The molecule has 1 heterocycles. The van der Waals surface area contributed by atoms with Crippen molar-refractivity contribution in [2.24, 2.45) is 5.73 Å². The molecule has 3 nitrogen and oxygen atoms in total. The van der Waals surface area contributed by atoms with Crippen LogP contribution in [0.15, 0.2) is 12.1 Å². The number of nitrogens with two attached hydrogens (primary N) is 1. The van der Waals surface area contributed by atoms with Crippen molar-refractivity contribution in [3.63, 3.8) is 0 Å². The van der Waals surface area contributed by atoms with Gasteiger partial charge in [-0.05, 0) is 42.5 Å². The van der Waals surface area contributed by atoms with E-state index in [4.69, 9.17) is 28.9 Å². The van der Waals surface area contributed by atoms with E-state index in [9.17, 15) is 4.79 Å². The average molecular weight is 313 g/mol. The molecule has 0 aromatic heterocycles. The van der Waals surface area contributed by atoms with Crippen LogP contribution in [0.3, 0.4) is 0 Å². The summed E-state index contributed by atoms with van der Waals surface area (Å²) in [6.45, 7) is 1.24. The Balaban J connectivity index is 1.83. The Morgan fingerprint density at radius 1 is 1.25 bits per heavy atom. The van der Waals surface area contributed by atoms with Crippen LogP contribution in [0.2, 0.25) is 10.0 Å². The second-order valence-electron chi connectivity index (χ2n) is 5.87. The van der Waals surface area contributed by atoms with E-state index in [0.717, 1.165) is 43.2 Å². The van der Waals surface area contributed by atoms with Crippen LogP contribution < -0.4 is 5.73 Å². The molecule has 3 rings (SSSR count). The molecule has 1 fully saturated rings. The molecular weight excluding hydrogens is 295 g/mol. The SMILES string of the molecule is NC1(C(=O)N2CCc3cc(Cl)cc(Cl)c3C2)CCCC1. The Morgan fingerprint density at radius 2 is 1.95 bits per heavy atom. The van der Waals surface area contributed by atoms with Crippen LogP contribution in [0, 0.1) is 0 Å². The van der Waals surface area contributed by atoms with Gasteiger partial charge < -0.3 is 10.6 Å². The van der Waals surface area contributed by atoms with Crippen molar-refractivity contribution in [1.29, 1.82) is 0 Å². The van der Waals surface area contributed by atoms with Crippen LogP contribution in [0.1, 0.15) is 36.8 Å². The van der Waals surface area contributed by atoms with Gasteiger partial charge in [-0.15, -0.1) is 0 Å². The lowest BCUT2D eigenvalue weighted by molar-refractivity contribution is -0.137. The Labute approximate surface area is 129 Å². The maximum atomic E-state index is 12.6. The van der Waals surface area contributed by atoms with Gasteiger partial charge in [-0.2, -0.15) is 0 Å². The molecule has 108 valence electrons. The molecule has 1 amide bonds. The van der Waals surface area contributed by atoms with Crippen molar-refractivity contribution in [1.82, 2.24) is 4.90 Å². The van der Waals surface area contributed by atoms with Crippen molar-refractivity contribution in [2.45, 2.75) is 44.2 Å². The summed E-state index contributed by atoms with van der Waals surface area (Å²) in [5.41, 5.74) is 7.77. The molecular formula is C15H18Cl2N2O. The van der Waals surface area contributed by atoms with Crippen LogP contribution in [0.25, 0.3) is 0 Å². The summed E-state index contributed by atoms with van der Waals surface area (Å²) in [5.74, 6) is 0.0756. The molecule has 0 spiro atoms. The molecule has 0 bridgehead atoms. The highest BCUT2D eigenvalue weighted by Crippen LogP contribution is 2.33. The Morgan fingerprint density at radius 3 is 2.65 bits per heavy atom. The normalized spacial score (nSPS) is 20.9. The van der Waals surface area contributed by atoms with Crippen LogP contribution in [-0.2, 0) is 17.8 Å². The number of carbonyl (C=O) groups is 1. The monoisotopic (exact) mass is 312 g/mol. The number of hydrogen-bond donors (Lipinski definition) is 1. The minimum absolute atomic E-state index is 0.0756. The fraction of sp³-hybridized carbons (Fsp3) is 0.533. The number of halogens is 2. The van der Waals surface area contributed by atoms with Crippen LogP contribution in [0.5, 0.6) is 0 Å². The van der Waals surface area contributed by atoms with E-state index in [1.807, 2.05) is 11.0 Å².